The number of hydrogen-bond acceptors (Lipinski definition) is 5. The van der Waals surface area contributed by atoms with Crippen molar-refractivity contribution in [3.63, 3.8) is 0 Å². The van der Waals surface area contributed by atoms with Crippen molar-refractivity contribution >= 4 is 24.4 Å². The molecule has 0 spiro atoms. The van der Waals surface area contributed by atoms with Gasteiger partial charge in [0.1, 0.15) is 0 Å². The minimum absolute atomic E-state index is 0.00766. The average molecular weight is 267 g/mol. The Balaban J connectivity index is 2.07. The van der Waals surface area contributed by atoms with Crippen LogP contribution in [-0.4, -0.2) is 46.2 Å². The van der Waals surface area contributed by atoms with Crippen LogP contribution in [-0.2, 0) is 0 Å². The molecule has 0 aromatic heterocycles. The second-order valence-electron chi connectivity index (χ2n) is 4.05. The van der Waals surface area contributed by atoms with E-state index >= 15 is 0 Å². The molecule has 18 heavy (non-hydrogen) atoms. The Kier molecular flexibility index (Phi) is 3.83. The maximum Gasteiger partial charge on any atom is 0.269 e. The minimum Gasteiger partial charge on any atom is -0.336 e. The van der Waals surface area contributed by atoms with Gasteiger partial charge >= 0.3 is 0 Å². The number of benzene rings is 1. The molecule has 1 aromatic rings. The van der Waals surface area contributed by atoms with Crippen LogP contribution in [0.1, 0.15) is 10.4 Å². The smallest absolute Gasteiger partial charge is 0.269 e. The maximum absolute atomic E-state index is 12.1. The Bertz CT molecular complexity index is 455. The third kappa shape index (κ3) is 2.80. The van der Waals surface area contributed by atoms with Crippen LogP contribution >= 0.6 is 12.8 Å². The van der Waals surface area contributed by atoms with Crippen LogP contribution in [0, 0.1) is 10.1 Å². The normalized spacial score (nSPS) is 16.6. The largest absolute Gasteiger partial charge is 0.336 e. The molecule has 1 fully saturated rings. The average Bonchev–Trinajstić information content (AvgIpc) is 2.39. The lowest BCUT2D eigenvalue weighted by Gasteiger charge is -2.31. The molecule has 96 valence electrons. The van der Waals surface area contributed by atoms with Gasteiger partial charge in [-0.1, -0.05) is 12.8 Å². The zero-order valence-corrected chi connectivity index (χ0v) is 10.5. The summed E-state index contributed by atoms with van der Waals surface area (Å²) >= 11 is 4.21. The number of amides is 1. The van der Waals surface area contributed by atoms with E-state index in [1.54, 1.807) is 4.90 Å². The highest BCUT2D eigenvalue weighted by Crippen LogP contribution is 2.14. The standard InChI is InChI=1S/C11H13N3O3S/c15-11(12-5-7-13(18)8-6-12)9-1-3-10(4-2-9)14(16)17/h1-4,18H,5-8H2. The van der Waals surface area contributed by atoms with Gasteiger partial charge in [0.25, 0.3) is 11.6 Å². The van der Waals surface area contributed by atoms with Gasteiger partial charge in [-0.05, 0) is 12.1 Å². The van der Waals surface area contributed by atoms with Crippen molar-refractivity contribution < 1.29 is 9.72 Å². The molecule has 0 N–H and O–H groups in total. The SMILES string of the molecule is O=C(c1ccc([N+](=O)[O-])cc1)N1CCN(S)CC1. The first-order chi connectivity index (χ1) is 8.58. The summed E-state index contributed by atoms with van der Waals surface area (Å²) in [6.45, 7) is 2.70. The highest BCUT2D eigenvalue weighted by Gasteiger charge is 2.21. The van der Waals surface area contributed by atoms with Crippen LogP contribution in [0.4, 0.5) is 5.69 Å². The molecule has 1 aliphatic rings. The first-order valence-electron chi connectivity index (χ1n) is 5.55. The number of nitrogens with zero attached hydrogens (tertiary/aromatic N) is 3. The van der Waals surface area contributed by atoms with Gasteiger partial charge in [0, 0.05) is 43.9 Å². The fourth-order valence-corrected chi connectivity index (χ4v) is 1.99. The Morgan fingerprint density at radius 1 is 1.17 bits per heavy atom. The lowest BCUT2D eigenvalue weighted by atomic mass is 10.1. The van der Waals surface area contributed by atoms with E-state index in [1.807, 2.05) is 4.31 Å². The number of carbonyl (C=O) groups is 1. The van der Waals surface area contributed by atoms with E-state index in [0.29, 0.717) is 18.7 Å². The Morgan fingerprint density at radius 2 is 1.72 bits per heavy atom. The van der Waals surface area contributed by atoms with Gasteiger partial charge in [-0.3, -0.25) is 14.9 Å². The van der Waals surface area contributed by atoms with Crippen LogP contribution in [0.5, 0.6) is 0 Å². The third-order valence-electron chi connectivity index (χ3n) is 2.87. The molecule has 2 rings (SSSR count). The van der Waals surface area contributed by atoms with E-state index in [9.17, 15) is 14.9 Å². The lowest BCUT2D eigenvalue weighted by Crippen LogP contribution is -2.45. The summed E-state index contributed by atoms with van der Waals surface area (Å²) < 4.78 is 1.86. The molecule has 0 saturated carbocycles. The summed E-state index contributed by atoms with van der Waals surface area (Å²) in [5, 5.41) is 10.5. The van der Waals surface area contributed by atoms with Crippen molar-refractivity contribution in [2.24, 2.45) is 0 Å². The van der Waals surface area contributed by atoms with Gasteiger partial charge in [-0.25, -0.2) is 4.31 Å². The quantitative estimate of drug-likeness (QED) is 0.496. The van der Waals surface area contributed by atoms with Crippen molar-refractivity contribution in [2.75, 3.05) is 26.2 Å². The summed E-state index contributed by atoms with van der Waals surface area (Å²) in [6.07, 6.45) is 0. The second kappa shape index (κ2) is 5.36. The molecular formula is C11H13N3O3S. The molecule has 0 unspecified atom stereocenters. The molecule has 1 amide bonds. The summed E-state index contributed by atoms with van der Waals surface area (Å²) in [7, 11) is 0. The molecule has 0 aliphatic carbocycles. The molecular weight excluding hydrogens is 254 g/mol. The van der Waals surface area contributed by atoms with Gasteiger partial charge < -0.3 is 4.90 Å². The first kappa shape index (κ1) is 12.8. The molecule has 0 atom stereocenters. The molecule has 0 radical (unpaired) electrons. The molecule has 1 aromatic carbocycles. The van der Waals surface area contributed by atoms with Crippen LogP contribution in [0.15, 0.2) is 24.3 Å². The van der Waals surface area contributed by atoms with Crippen molar-refractivity contribution in [3.8, 4) is 0 Å². The molecule has 6 nitrogen and oxygen atoms in total. The van der Waals surface area contributed by atoms with Gasteiger partial charge in [0.2, 0.25) is 0 Å². The van der Waals surface area contributed by atoms with Crippen molar-refractivity contribution in [2.45, 2.75) is 0 Å². The van der Waals surface area contributed by atoms with Crippen LogP contribution in [0.25, 0.3) is 0 Å². The van der Waals surface area contributed by atoms with E-state index in [1.165, 1.54) is 24.3 Å². The summed E-state index contributed by atoms with van der Waals surface area (Å²) in [6, 6.07) is 5.69. The van der Waals surface area contributed by atoms with Gasteiger partial charge in [0.15, 0.2) is 0 Å². The Morgan fingerprint density at radius 3 is 2.22 bits per heavy atom. The number of piperazine rings is 1. The van der Waals surface area contributed by atoms with Crippen molar-refractivity contribution in [3.05, 3.63) is 39.9 Å². The lowest BCUT2D eigenvalue weighted by molar-refractivity contribution is -0.384. The van der Waals surface area contributed by atoms with Crippen molar-refractivity contribution in [1.82, 2.24) is 9.21 Å². The number of hydrogen-bond donors (Lipinski definition) is 1. The Labute approximate surface area is 110 Å². The second-order valence-corrected chi connectivity index (χ2v) is 4.62. The minimum atomic E-state index is -0.478. The fourth-order valence-electron chi connectivity index (χ4n) is 1.81. The van der Waals surface area contributed by atoms with Crippen LogP contribution < -0.4 is 0 Å². The number of nitro groups is 1. The number of non-ortho nitro benzene ring substituents is 1. The van der Waals surface area contributed by atoms with Gasteiger partial charge in [0.05, 0.1) is 4.92 Å². The first-order valence-corrected chi connectivity index (χ1v) is 5.95. The number of nitro benzene ring substituents is 1. The fraction of sp³-hybridized carbons (Fsp3) is 0.364. The van der Waals surface area contributed by atoms with Crippen LogP contribution in [0.2, 0.25) is 0 Å². The summed E-state index contributed by atoms with van der Waals surface area (Å²) in [5.41, 5.74) is 0.472. The van der Waals surface area contributed by atoms with E-state index in [4.69, 9.17) is 0 Å². The summed E-state index contributed by atoms with van der Waals surface area (Å²) in [4.78, 5) is 23.9. The summed E-state index contributed by atoms with van der Waals surface area (Å²) in [5.74, 6) is -0.0914. The molecule has 7 heteroatoms. The predicted octanol–water partition coefficient (Wildman–Crippen LogP) is 1.20. The van der Waals surface area contributed by atoms with Gasteiger partial charge in [-0.15, -0.1) is 0 Å². The highest BCUT2D eigenvalue weighted by atomic mass is 32.1. The molecule has 1 saturated heterocycles. The molecule has 0 bridgehead atoms. The third-order valence-corrected chi connectivity index (χ3v) is 3.27. The number of carbonyl (C=O) groups excluding carboxylic acids is 1. The van der Waals surface area contributed by atoms with E-state index in [0.717, 1.165) is 13.1 Å². The van der Waals surface area contributed by atoms with Crippen LogP contribution in [0.3, 0.4) is 0 Å². The van der Waals surface area contributed by atoms with E-state index in [2.05, 4.69) is 12.8 Å². The predicted molar refractivity (Wildman–Crippen MR) is 69.6 cm³/mol. The number of rotatable bonds is 2. The molecule has 1 heterocycles. The van der Waals surface area contributed by atoms with Gasteiger partial charge in [-0.2, -0.15) is 0 Å². The topological polar surface area (TPSA) is 66.7 Å². The monoisotopic (exact) mass is 267 g/mol. The number of thiol groups is 1. The molecule has 1 aliphatic heterocycles. The maximum atomic E-state index is 12.1. The van der Waals surface area contributed by atoms with E-state index < -0.39 is 4.92 Å². The Hall–Kier alpha value is -1.60. The zero-order chi connectivity index (χ0) is 13.1. The van der Waals surface area contributed by atoms with E-state index in [-0.39, 0.29) is 11.6 Å². The highest BCUT2D eigenvalue weighted by molar-refractivity contribution is 7.77. The van der Waals surface area contributed by atoms with Crippen molar-refractivity contribution in [1.29, 1.82) is 0 Å². The zero-order valence-electron chi connectivity index (χ0n) is 9.65.